The number of amides is 1. The summed E-state index contributed by atoms with van der Waals surface area (Å²) in [6, 6.07) is 8.57. The lowest BCUT2D eigenvalue weighted by molar-refractivity contribution is -0.130. The maximum absolute atomic E-state index is 12.4. The molecule has 0 saturated heterocycles. The van der Waals surface area contributed by atoms with E-state index in [0.29, 0.717) is 0 Å². The van der Waals surface area contributed by atoms with E-state index in [1.54, 1.807) is 0 Å². The van der Waals surface area contributed by atoms with Crippen molar-refractivity contribution < 1.29 is 4.79 Å². The Morgan fingerprint density at radius 2 is 2.05 bits per heavy atom. The van der Waals surface area contributed by atoms with Crippen LogP contribution in [-0.4, -0.2) is 18.5 Å². The second kappa shape index (κ2) is 4.87. The molecule has 102 valence electrons. The highest BCUT2D eigenvalue weighted by Gasteiger charge is 2.37. The van der Waals surface area contributed by atoms with E-state index in [-0.39, 0.29) is 17.4 Å². The largest absolute Gasteiger partial charge is 0.383 e. The Labute approximate surface area is 114 Å². The van der Waals surface area contributed by atoms with Crippen LogP contribution in [0.4, 0.5) is 5.69 Å². The van der Waals surface area contributed by atoms with Crippen LogP contribution in [0, 0.1) is 5.41 Å². The van der Waals surface area contributed by atoms with E-state index in [1.165, 1.54) is 24.1 Å². The van der Waals surface area contributed by atoms with Crippen molar-refractivity contribution in [1.29, 1.82) is 0 Å². The van der Waals surface area contributed by atoms with Crippen molar-refractivity contribution in [3.8, 4) is 0 Å². The number of hydrogen-bond acceptors (Lipinski definition) is 2. The van der Waals surface area contributed by atoms with Gasteiger partial charge in [0.1, 0.15) is 0 Å². The number of carbonyl (C=O) groups is 1. The molecule has 1 heterocycles. The van der Waals surface area contributed by atoms with Crippen LogP contribution in [0.15, 0.2) is 24.3 Å². The van der Waals surface area contributed by atoms with E-state index in [2.05, 4.69) is 35.8 Å². The minimum atomic E-state index is -0.128. The molecule has 3 heteroatoms. The van der Waals surface area contributed by atoms with Gasteiger partial charge in [0.15, 0.2) is 0 Å². The molecule has 0 radical (unpaired) electrons. The molecule has 2 aliphatic rings. The van der Waals surface area contributed by atoms with E-state index in [0.717, 1.165) is 25.8 Å². The molecular weight excluding hydrogens is 236 g/mol. The van der Waals surface area contributed by atoms with E-state index < -0.39 is 0 Å². The van der Waals surface area contributed by atoms with Crippen molar-refractivity contribution in [2.24, 2.45) is 5.41 Å². The van der Waals surface area contributed by atoms with Gasteiger partial charge < -0.3 is 10.6 Å². The van der Waals surface area contributed by atoms with Crippen LogP contribution >= 0.6 is 0 Å². The maximum Gasteiger partial charge on any atom is 0.226 e. The molecule has 2 N–H and O–H groups in total. The van der Waals surface area contributed by atoms with Crippen LogP contribution in [0.5, 0.6) is 0 Å². The molecular formula is C16H22N2O. The second-order valence-corrected chi connectivity index (χ2v) is 6.18. The predicted molar refractivity (Wildman–Crippen MR) is 77.1 cm³/mol. The van der Waals surface area contributed by atoms with Crippen LogP contribution in [0.3, 0.4) is 0 Å². The topological polar surface area (TPSA) is 41.1 Å². The summed E-state index contributed by atoms with van der Waals surface area (Å²) in [5.74, 6) is 0.246. The van der Waals surface area contributed by atoms with Gasteiger partial charge in [-0.15, -0.1) is 0 Å². The molecule has 1 fully saturated rings. The number of nitrogens with one attached hydrogen (secondary N) is 2. The summed E-state index contributed by atoms with van der Waals surface area (Å²) in [7, 11) is 0. The molecule has 1 atom stereocenters. The number of hydrogen-bond donors (Lipinski definition) is 2. The van der Waals surface area contributed by atoms with Gasteiger partial charge in [-0.25, -0.2) is 0 Å². The minimum absolute atomic E-state index is 0.128. The smallest absolute Gasteiger partial charge is 0.226 e. The zero-order valence-electron chi connectivity index (χ0n) is 11.5. The van der Waals surface area contributed by atoms with Crippen molar-refractivity contribution >= 4 is 11.6 Å². The summed E-state index contributed by atoms with van der Waals surface area (Å²) < 4.78 is 0. The zero-order chi connectivity index (χ0) is 13.3. The predicted octanol–water partition coefficient (Wildman–Crippen LogP) is 2.72. The number of carbonyl (C=O) groups excluding carboxylic acids is 1. The second-order valence-electron chi connectivity index (χ2n) is 6.18. The molecule has 0 spiro atoms. The number of benzene rings is 1. The molecule has 1 aromatic rings. The van der Waals surface area contributed by atoms with Gasteiger partial charge in [0.2, 0.25) is 5.91 Å². The fourth-order valence-corrected chi connectivity index (χ4v) is 3.29. The minimum Gasteiger partial charge on any atom is -0.383 e. The molecule has 1 amide bonds. The fraction of sp³-hybridized carbons (Fsp3) is 0.562. The number of anilines is 1. The zero-order valence-corrected chi connectivity index (χ0v) is 11.5. The molecule has 1 unspecified atom stereocenters. The average Bonchev–Trinajstić information content (AvgIpc) is 2.87. The van der Waals surface area contributed by atoms with Gasteiger partial charge in [-0.2, -0.15) is 0 Å². The summed E-state index contributed by atoms with van der Waals surface area (Å²) in [4.78, 5) is 12.4. The van der Waals surface area contributed by atoms with Crippen LogP contribution in [-0.2, 0) is 11.2 Å². The molecule has 0 bridgehead atoms. The SMILES string of the molecule is CC1(C(=O)NC2CNc3ccccc3C2)CCCC1. The number of para-hydroxylation sites is 1. The van der Waals surface area contributed by atoms with E-state index in [4.69, 9.17) is 0 Å². The summed E-state index contributed by atoms with van der Waals surface area (Å²) >= 11 is 0. The lowest BCUT2D eigenvalue weighted by atomic mass is 9.87. The quantitative estimate of drug-likeness (QED) is 0.856. The highest BCUT2D eigenvalue weighted by molar-refractivity contribution is 5.83. The summed E-state index contributed by atoms with van der Waals surface area (Å²) in [6.45, 7) is 2.94. The third kappa shape index (κ3) is 2.46. The molecule has 19 heavy (non-hydrogen) atoms. The standard InChI is InChI=1S/C16H22N2O/c1-16(8-4-5-9-16)15(19)18-13-10-12-6-2-3-7-14(12)17-11-13/h2-3,6-7,13,17H,4-5,8-11H2,1H3,(H,18,19). The monoisotopic (exact) mass is 258 g/mol. The Kier molecular flexibility index (Phi) is 3.21. The lowest BCUT2D eigenvalue weighted by Crippen LogP contribution is -2.48. The first kappa shape index (κ1) is 12.5. The summed E-state index contributed by atoms with van der Waals surface area (Å²) in [6.07, 6.45) is 5.39. The van der Waals surface area contributed by atoms with Crippen molar-refractivity contribution in [2.75, 3.05) is 11.9 Å². The first-order valence-corrected chi connectivity index (χ1v) is 7.30. The van der Waals surface area contributed by atoms with Gasteiger partial charge in [0.25, 0.3) is 0 Å². The third-order valence-electron chi connectivity index (χ3n) is 4.61. The van der Waals surface area contributed by atoms with Gasteiger partial charge in [-0.3, -0.25) is 4.79 Å². The van der Waals surface area contributed by atoms with Crippen molar-refractivity contribution in [2.45, 2.75) is 45.1 Å². The first-order chi connectivity index (χ1) is 9.17. The van der Waals surface area contributed by atoms with Gasteiger partial charge in [0.05, 0.1) is 6.04 Å². The van der Waals surface area contributed by atoms with E-state index >= 15 is 0 Å². The molecule has 1 aliphatic carbocycles. The normalized spacial score (nSPS) is 24.4. The van der Waals surface area contributed by atoms with Crippen molar-refractivity contribution in [1.82, 2.24) is 5.32 Å². The highest BCUT2D eigenvalue weighted by atomic mass is 16.2. The Balaban J connectivity index is 1.64. The third-order valence-corrected chi connectivity index (χ3v) is 4.61. The molecule has 0 aromatic heterocycles. The van der Waals surface area contributed by atoms with Gasteiger partial charge >= 0.3 is 0 Å². The van der Waals surface area contributed by atoms with E-state index in [9.17, 15) is 4.79 Å². The van der Waals surface area contributed by atoms with Gasteiger partial charge in [-0.1, -0.05) is 38.0 Å². The maximum atomic E-state index is 12.4. The lowest BCUT2D eigenvalue weighted by Gasteiger charge is -2.30. The van der Waals surface area contributed by atoms with Gasteiger partial charge in [0, 0.05) is 17.6 Å². The van der Waals surface area contributed by atoms with E-state index in [1.807, 2.05) is 6.07 Å². The molecule has 1 aliphatic heterocycles. The molecule has 1 aromatic carbocycles. The Bertz CT molecular complexity index is 477. The Hall–Kier alpha value is -1.51. The average molecular weight is 258 g/mol. The number of rotatable bonds is 2. The molecule has 3 nitrogen and oxygen atoms in total. The molecule has 3 rings (SSSR count). The van der Waals surface area contributed by atoms with Crippen LogP contribution in [0.2, 0.25) is 0 Å². The highest BCUT2D eigenvalue weighted by Crippen LogP contribution is 2.37. The summed E-state index contributed by atoms with van der Waals surface area (Å²) in [5.41, 5.74) is 2.38. The first-order valence-electron chi connectivity index (χ1n) is 7.30. The Morgan fingerprint density at radius 1 is 1.32 bits per heavy atom. The fourth-order valence-electron chi connectivity index (χ4n) is 3.29. The number of fused-ring (bicyclic) bond motifs is 1. The van der Waals surface area contributed by atoms with Crippen LogP contribution < -0.4 is 10.6 Å². The summed E-state index contributed by atoms with van der Waals surface area (Å²) in [5, 5.41) is 6.65. The van der Waals surface area contributed by atoms with Gasteiger partial charge in [-0.05, 0) is 30.9 Å². The van der Waals surface area contributed by atoms with Crippen molar-refractivity contribution in [3.05, 3.63) is 29.8 Å². The Morgan fingerprint density at radius 3 is 2.84 bits per heavy atom. The molecule has 1 saturated carbocycles. The van der Waals surface area contributed by atoms with Crippen LogP contribution in [0.25, 0.3) is 0 Å². The van der Waals surface area contributed by atoms with Crippen molar-refractivity contribution in [3.63, 3.8) is 0 Å². The van der Waals surface area contributed by atoms with Crippen LogP contribution in [0.1, 0.15) is 38.2 Å².